The van der Waals surface area contributed by atoms with E-state index < -0.39 is 0 Å². The largest absolute Gasteiger partial charge is 0.309 e. The zero-order chi connectivity index (χ0) is 11.3. The van der Waals surface area contributed by atoms with Gasteiger partial charge in [-0.1, -0.05) is 27.2 Å². The number of nitrogens with zero attached hydrogens (tertiary/aromatic N) is 1. The van der Waals surface area contributed by atoms with Gasteiger partial charge in [-0.3, -0.25) is 0 Å². The van der Waals surface area contributed by atoms with E-state index in [-0.39, 0.29) is 0 Å². The number of hydrogen-bond donors (Lipinski definition) is 1. The second kappa shape index (κ2) is 6.23. The van der Waals surface area contributed by atoms with Gasteiger partial charge in [-0.2, -0.15) is 0 Å². The molecule has 2 nitrogen and oxygen atoms in total. The molecule has 1 heterocycles. The lowest BCUT2D eigenvalue weighted by Crippen LogP contribution is -2.23. The van der Waals surface area contributed by atoms with Crippen molar-refractivity contribution < 1.29 is 0 Å². The van der Waals surface area contributed by atoms with Gasteiger partial charge >= 0.3 is 0 Å². The summed E-state index contributed by atoms with van der Waals surface area (Å²) in [5.41, 5.74) is 1.22. The number of thiazole rings is 1. The van der Waals surface area contributed by atoms with Crippen LogP contribution < -0.4 is 5.32 Å². The van der Waals surface area contributed by atoms with Crippen LogP contribution in [0.5, 0.6) is 0 Å². The Bertz CT molecular complexity index is 283. The van der Waals surface area contributed by atoms with Gasteiger partial charge in [0.15, 0.2) is 0 Å². The molecule has 1 aromatic heterocycles. The van der Waals surface area contributed by atoms with Crippen molar-refractivity contribution in [1.82, 2.24) is 10.3 Å². The van der Waals surface area contributed by atoms with Crippen molar-refractivity contribution in [2.24, 2.45) is 5.92 Å². The summed E-state index contributed by atoms with van der Waals surface area (Å²) in [4.78, 5) is 4.57. The van der Waals surface area contributed by atoms with Crippen LogP contribution in [0.25, 0.3) is 0 Å². The van der Waals surface area contributed by atoms with Gasteiger partial charge in [-0.15, -0.1) is 11.3 Å². The Labute approximate surface area is 97.1 Å². The first kappa shape index (κ1) is 12.7. The van der Waals surface area contributed by atoms with Crippen LogP contribution in [0.4, 0.5) is 0 Å². The molecule has 0 fully saturated rings. The van der Waals surface area contributed by atoms with Crippen LogP contribution in [0.2, 0.25) is 0 Å². The van der Waals surface area contributed by atoms with Crippen molar-refractivity contribution in [3.63, 3.8) is 0 Å². The van der Waals surface area contributed by atoms with E-state index in [1.165, 1.54) is 18.5 Å². The summed E-state index contributed by atoms with van der Waals surface area (Å²) in [5, 5.41) is 6.87. The maximum absolute atomic E-state index is 4.57. The monoisotopic (exact) mass is 226 g/mol. The molecule has 0 radical (unpaired) electrons. The minimum absolute atomic E-state index is 0.440. The predicted molar refractivity (Wildman–Crippen MR) is 67.3 cm³/mol. The molecule has 0 aromatic carbocycles. The van der Waals surface area contributed by atoms with E-state index in [2.05, 4.69) is 43.4 Å². The third-order valence-electron chi connectivity index (χ3n) is 2.78. The normalized spacial score (nSPS) is 15.2. The molecule has 2 atom stereocenters. The SMILES string of the molecule is CCNC(CC(C)CC)c1csc(C)n1. The van der Waals surface area contributed by atoms with E-state index in [1.807, 2.05) is 0 Å². The number of aryl methyl sites for hydroxylation is 1. The highest BCUT2D eigenvalue weighted by atomic mass is 32.1. The first-order valence-electron chi connectivity index (χ1n) is 5.82. The van der Waals surface area contributed by atoms with Gasteiger partial charge in [0.25, 0.3) is 0 Å². The summed E-state index contributed by atoms with van der Waals surface area (Å²) in [6.07, 6.45) is 2.43. The van der Waals surface area contributed by atoms with Crippen molar-refractivity contribution >= 4 is 11.3 Å². The summed E-state index contributed by atoms with van der Waals surface area (Å²) >= 11 is 1.74. The molecule has 86 valence electrons. The third kappa shape index (κ3) is 3.92. The molecule has 0 saturated heterocycles. The van der Waals surface area contributed by atoms with E-state index in [0.717, 1.165) is 17.5 Å². The molecule has 3 heteroatoms. The summed E-state index contributed by atoms with van der Waals surface area (Å²) in [6.45, 7) is 9.80. The predicted octanol–water partition coefficient (Wildman–Crippen LogP) is 3.54. The molecule has 0 aliphatic heterocycles. The molecule has 0 bridgehead atoms. The van der Waals surface area contributed by atoms with Crippen molar-refractivity contribution in [3.8, 4) is 0 Å². The van der Waals surface area contributed by atoms with E-state index in [0.29, 0.717) is 6.04 Å². The van der Waals surface area contributed by atoms with Gasteiger partial charge in [0.1, 0.15) is 0 Å². The van der Waals surface area contributed by atoms with Crippen LogP contribution in [-0.4, -0.2) is 11.5 Å². The molecule has 1 rings (SSSR count). The fourth-order valence-electron chi connectivity index (χ4n) is 1.66. The van der Waals surface area contributed by atoms with Crippen LogP contribution in [0.15, 0.2) is 5.38 Å². The number of aromatic nitrogens is 1. The molecule has 1 N–H and O–H groups in total. The zero-order valence-corrected chi connectivity index (χ0v) is 11.0. The highest BCUT2D eigenvalue weighted by Crippen LogP contribution is 2.24. The van der Waals surface area contributed by atoms with Gasteiger partial charge in [0.05, 0.1) is 16.7 Å². The summed E-state index contributed by atoms with van der Waals surface area (Å²) in [6, 6.07) is 0.440. The first-order valence-corrected chi connectivity index (χ1v) is 6.70. The van der Waals surface area contributed by atoms with Gasteiger partial charge in [-0.25, -0.2) is 4.98 Å². The molecule has 0 spiro atoms. The highest BCUT2D eigenvalue weighted by Gasteiger charge is 2.15. The van der Waals surface area contributed by atoms with Crippen molar-refractivity contribution in [2.45, 2.75) is 46.6 Å². The van der Waals surface area contributed by atoms with Crippen LogP contribution in [-0.2, 0) is 0 Å². The molecule has 0 aliphatic carbocycles. The number of nitrogens with one attached hydrogen (secondary N) is 1. The third-order valence-corrected chi connectivity index (χ3v) is 3.57. The molecule has 15 heavy (non-hydrogen) atoms. The second-order valence-corrected chi connectivity index (χ2v) is 5.21. The summed E-state index contributed by atoms with van der Waals surface area (Å²) < 4.78 is 0. The van der Waals surface area contributed by atoms with Crippen LogP contribution in [0.3, 0.4) is 0 Å². The Morgan fingerprint density at radius 3 is 2.67 bits per heavy atom. The minimum atomic E-state index is 0.440. The molecule has 2 unspecified atom stereocenters. The average Bonchev–Trinajstić information content (AvgIpc) is 2.64. The molecule has 0 aliphatic rings. The van der Waals surface area contributed by atoms with Crippen LogP contribution in [0.1, 0.15) is 50.4 Å². The van der Waals surface area contributed by atoms with Gasteiger partial charge in [0, 0.05) is 5.38 Å². The summed E-state index contributed by atoms with van der Waals surface area (Å²) in [5.74, 6) is 0.760. The topological polar surface area (TPSA) is 24.9 Å². The molecule has 0 amide bonds. The number of rotatable bonds is 6. The van der Waals surface area contributed by atoms with Crippen molar-refractivity contribution in [3.05, 3.63) is 16.1 Å². The Balaban J connectivity index is 2.65. The quantitative estimate of drug-likeness (QED) is 0.802. The average molecular weight is 226 g/mol. The number of hydrogen-bond acceptors (Lipinski definition) is 3. The van der Waals surface area contributed by atoms with Crippen LogP contribution in [0, 0.1) is 12.8 Å². The minimum Gasteiger partial charge on any atom is -0.309 e. The smallest absolute Gasteiger partial charge is 0.0898 e. The van der Waals surface area contributed by atoms with E-state index >= 15 is 0 Å². The fraction of sp³-hybridized carbons (Fsp3) is 0.750. The maximum atomic E-state index is 4.57. The maximum Gasteiger partial charge on any atom is 0.0898 e. The Morgan fingerprint density at radius 1 is 1.47 bits per heavy atom. The Morgan fingerprint density at radius 2 is 2.20 bits per heavy atom. The lowest BCUT2D eigenvalue weighted by molar-refractivity contribution is 0.403. The molecular weight excluding hydrogens is 204 g/mol. The first-order chi connectivity index (χ1) is 7.17. The molecule has 0 saturated carbocycles. The Kier molecular flexibility index (Phi) is 5.26. The fourth-order valence-corrected chi connectivity index (χ4v) is 2.33. The summed E-state index contributed by atoms with van der Waals surface area (Å²) in [7, 11) is 0. The van der Waals surface area contributed by atoms with Crippen molar-refractivity contribution in [1.29, 1.82) is 0 Å². The highest BCUT2D eigenvalue weighted by molar-refractivity contribution is 7.09. The van der Waals surface area contributed by atoms with Gasteiger partial charge in [-0.05, 0) is 25.8 Å². The Hall–Kier alpha value is -0.410. The molecule has 1 aromatic rings. The lowest BCUT2D eigenvalue weighted by atomic mass is 9.98. The standard InChI is InChI=1S/C12H22N2S/c1-5-9(3)7-11(13-6-2)12-8-15-10(4)14-12/h8-9,11,13H,5-7H2,1-4H3. The van der Waals surface area contributed by atoms with E-state index in [4.69, 9.17) is 0 Å². The molecular formula is C12H22N2S. The van der Waals surface area contributed by atoms with E-state index in [1.54, 1.807) is 11.3 Å². The van der Waals surface area contributed by atoms with Crippen LogP contribution >= 0.6 is 11.3 Å². The van der Waals surface area contributed by atoms with Gasteiger partial charge < -0.3 is 5.32 Å². The lowest BCUT2D eigenvalue weighted by Gasteiger charge is -2.19. The second-order valence-electron chi connectivity index (χ2n) is 4.15. The van der Waals surface area contributed by atoms with Gasteiger partial charge in [0.2, 0.25) is 0 Å². The van der Waals surface area contributed by atoms with Crippen molar-refractivity contribution in [2.75, 3.05) is 6.54 Å². The zero-order valence-electron chi connectivity index (χ0n) is 10.2. The van der Waals surface area contributed by atoms with E-state index in [9.17, 15) is 0 Å².